The standard InChI is InChI=1S/C23H27BrF6O/c1-3-4-14-5-7-15(8-6-14)13(2)20(31)18-9-16-11-21(22(25,26)27,23(28,29)30)12-17(16)10-19(18)24/h9-10,14-15,20,31H,2-8,11-12H2,1H3. The van der Waals surface area contributed by atoms with Crippen molar-refractivity contribution in [2.75, 3.05) is 0 Å². The lowest BCUT2D eigenvalue weighted by atomic mass is 9.75. The molecule has 1 atom stereocenters. The van der Waals surface area contributed by atoms with Crippen molar-refractivity contribution >= 4 is 15.9 Å². The van der Waals surface area contributed by atoms with Crippen molar-refractivity contribution in [3.8, 4) is 0 Å². The van der Waals surface area contributed by atoms with Crippen molar-refractivity contribution < 1.29 is 31.4 Å². The zero-order valence-electron chi connectivity index (χ0n) is 17.3. The number of aliphatic hydroxyl groups is 1. The molecule has 0 aromatic heterocycles. The molecule has 0 spiro atoms. The molecule has 31 heavy (non-hydrogen) atoms. The second-order valence-corrected chi connectivity index (χ2v) is 9.91. The first kappa shape index (κ1) is 24.6. The molecule has 174 valence electrons. The third-order valence-corrected chi connectivity index (χ3v) is 7.79. The van der Waals surface area contributed by atoms with Crippen LogP contribution in [0.15, 0.2) is 28.8 Å². The summed E-state index contributed by atoms with van der Waals surface area (Å²) in [5.74, 6) is 0.753. The number of rotatable bonds is 5. The van der Waals surface area contributed by atoms with Gasteiger partial charge in [-0.3, -0.25) is 0 Å². The Bertz CT molecular complexity index is 807. The van der Waals surface area contributed by atoms with Crippen LogP contribution in [0.4, 0.5) is 26.3 Å². The Labute approximate surface area is 187 Å². The van der Waals surface area contributed by atoms with E-state index in [0.717, 1.165) is 38.5 Å². The first-order valence-electron chi connectivity index (χ1n) is 10.6. The maximum atomic E-state index is 13.5. The molecule has 0 heterocycles. The van der Waals surface area contributed by atoms with Crippen molar-refractivity contribution in [3.05, 3.63) is 45.4 Å². The monoisotopic (exact) mass is 512 g/mol. The highest BCUT2D eigenvalue weighted by molar-refractivity contribution is 9.10. The quantitative estimate of drug-likeness (QED) is 0.314. The van der Waals surface area contributed by atoms with Crippen LogP contribution < -0.4 is 0 Å². The SMILES string of the molecule is C=C(C1CCC(CCC)CC1)C(O)c1cc2c(cc1Br)CC(C(F)(F)F)(C(F)(F)F)C2. The van der Waals surface area contributed by atoms with Gasteiger partial charge in [0.1, 0.15) is 6.10 Å². The molecule has 0 aliphatic heterocycles. The number of halogens is 7. The van der Waals surface area contributed by atoms with Crippen LogP contribution in [-0.4, -0.2) is 17.5 Å². The summed E-state index contributed by atoms with van der Waals surface area (Å²) < 4.78 is 81.3. The van der Waals surface area contributed by atoms with Crippen LogP contribution in [0.1, 0.15) is 68.2 Å². The lowest BCUT2D eigenvalue weighted by molar-refractivity contribution is -0.337. The molecule has 1 fully saturated rings. The number of fused-ring (bicyclic) bond motifs is 1. The van der Waals surface area contributed by atoms with E-state index in [-0.39, 0.29) is 22.6 Å². The Morgan fingerprint density at radius 3 is 2.06 bits per heavy atom. The first-order valence-corrected chi connectivity index (χ1v) is 11.4. The average molecular weight is 513 g/mol. The molecule has 1 unspecified atom stereocenters. The minimum atomic E-state index is -5.42. The van der Waals surface area contributed by atoms with Gasteiger partial charge in [-0.25, -0.2) is 0 Å². The molecule has 0 radical (unpaired) electrons. The van der Waals surface area contributed by atoms with E-state index in [1.54, 1.807) is 0 Å². The molecule has 0 bridgehead atoms. The van der Waals surface area contributed by atoms with Gasteiger partial charge in [-0.2, -0.15) is 26.3 Å². The smallest absolute Gasteiger partial charge is 0.384 e. The van der Waals surface area contributed by atoms with Gasteiger partial charge in [-0.1, -0.05) is 48.3 Å². The summed E-state index contributed by atoms with van der Waals surface area (Å²) in [5, 5.41) is 10.9. The van der Waals surface area contributed by atoms with Gasteiger partial charge in [0.05, 0.1) is 0 Å². The van der Waals surface area contributed by atoms with Gasteiger partial charge in [-0.15, -0.1) is 0 Å². The van der Waals surface area contributed by atoms with Gasteiger partial charge < -0.3 is 5.11 Å². The molecular formula is C23H27BrF6O. The molecule has 1 aromatic carbocycles. The van der Waals surface area contributed by atoms with Crippen molar-refractivity contribution in [1.29, 1.82) is 0 Å². The summed E-state index contributed by atoms with van der Waals surface area (Å²) in [6, 6.07) is 2.58. The molecule has 1 nitrogen and oxygen atoms in total. The van der Waals surface area contributed by atoms with Gasteiger partial charge in [0, 0.05) is 4.47 Å². The molecule has 3 rings (SSSR count). The van der Waals surface area contributed by atoms with Gasteiger partial charge in [-0.05, 0) is 78.7 Å². The number of alkyl halides is 6. The lowest BCUT2D eigenvalue weighted by Gasteiger charge is -2.33. The second-order valence-electron chi connectivity index (χ2n) is 9.06. The van der Waals surface area contributed by atoms with E-state index < -0.39 is 36.7 Å². The lowest BCUT2D eigenvalue weighted by Crippen LogP contribution is -2.50. The van der Waals surface area contributed by atoms with Crippen molar-refractivity contribution in [2.24, 2.45) is 17.3 Å². The van der Waals surface area contributed by atoms with Gasteiger partial charge in [0.15, 0.2) is 5.41 Å². The molecule has 2 aliphatic rings. The zero-order valence-corrected chi connectivity index (χ0v) is 18.9. The topological polar surface area (TPSA) is 20.2 Å². The minimum Gasteiger partial charge on any atom is -0.384 e. The normalized spacial score (nSPS) is 24.7. The van der Waals surface area contributed by atoms with Crippen LogP contribution in [0.3, 0.4) is 0 Å². The summed E-state index contributed by atoms with van der Waals surface area (Å²) in [6.07, 6.45) is -8.17. The molecule has 8 heteroatoms. The first-order chi connectivity index (χ1) is 14.3. The largest absolute Gasteiger partial charge is 0.403 e. The number of benzene rings is 1. The van der Waals surface area contributed by atoms with Crippen LogP contribution in [0.2, 0.25) is 0 Å². The van der Waals surface area contributed by atoms with E-state index in [1.807, 2.05) is 0 Å². The molecule has 0 amide bonds. The fourth-order valence-corrected chi connectivity index (χ4v) is 5.75. The van der Waals surface area contributed by atoms with Gasteiger partial charge >= 0.3 is 12.4 Å². The molecule has 2 aliphatic carbocycles. The van der Waals surface area contributed by atoms with Crippen molar-refractivity contribution in [2.45, 2.75) is 76.7 Å². The number of hydrogen-bond donors (Lipinski definition) is 1. The average Bonchev–Trinajstić information content (AvgIpc) is 3.07. The summed E-state index contributed by atoms with van der Waals surface area (Å²) in [7, 11) is 0. The summed E-state index contributed by atoms with van der Waals surface area (Å²) in [6.45, 7) is 6.18. The fourth-order valence-electron chi connectivity index (χ4n) is 5.14. The Morgan fingerprint density at radius 1 is 1.06 bits per heavy atom. The Morgan fingerprint density at radius 2 is 1.58 bits per heavy atom. The van der Waals surface area contributed by atoms with E-state index >= 15 is 0 Å². The van der Waals surface area contributed by atoms with Gasteiger partial charge in [0.2, 0.25) is 0 Å². The van der Waals surface area contributed by atoms with Crippen LogP contribution >= 0.6 is 15.9 Å². The maximum Gasteiger partial charge on any atom is 0.403 e. The van der Waals surface area contributed by atoms with Crippen LogP contribution in [0.25, 0.3) is 0 Å². The van der Waals surface area contributed by atoms with E-state index in [4.69, 9.17) is 0 Å². The maximum absolute atomic E-state index is 13.5. The predicted molar refractivity (Wildman–Crippen MR) is 111 cm³/mol. The molecule has 1 aromatic rings. The van der Waals surface area contributed by atoms with E-state index in [2.05, 4.69) is 29.4 Å². The minimum absolute atomic E-state index is 0.00293. The Hall–Kier alpha value is -1.02. The van der Waals surface area contributed by atoms with E-state index in [1.165, 1.54) is 12.1 Å². The predicted octanol–water partition coefficient (Wildman–Crippen LogP) is 7.85. The highest BCUT2D eigenvalue weighted by atomic mass is 79.9. The number of hydrogen-bond acceptors (Lipinski definition) is 1. The van der Waals surface area contributed by atoms with Gasteiger partial charge in [0.25, 0.3) is 0 Å². The molecule has 1 N–H and O–H groups in total. The molecular weight excluding hydrogens is 486 g/mol. The Balaban J connectivity index is 1.83. The fraction of sp³-hybridized carbons (Fsp3) is 0.652. The van der Waals surface area contributed by atoms with E-state index in [0.29, 0.717) is 16.0 Å². The highest BCUT2D eigenvalue weighted by Gasteiger charge is 2.72. The third-order valence-electron chi connectivity index (χ3n) is 7.10. The summed E-state index contributed by atoms with van der Waals surface area (Å²) in [4.78, 5) is 0. The van der Waals surface area contributed by atoms with Crippen molar-refractivity contribution in [1.82, 2.24) is 0 Å². The third kappa shape index (κ3) is 4.56. The van der Waals surface area contributed by atoms with E-state index in [9.17, 15) is 31.4 Å². The zero-order chi connectivity index (χ0) is 23.2. The van der Waals surface area contributed by atoms with Crippen LogP contribution in [0.5, 0.6) is 0 Å². The van der Waals surface area contributed by atoms with Crippen LogP contribution in [0, 0.1) is 17.3 Å². The summed E-state index contributed by atoms with van der Waals surface area (Å²) >= 11 is 3.25. The Kier molecular flexibility index (Phi) is 6.93. The second kappa shape index (κ2) is 8.73. The molecule has 1 saturated carbocycles. The van der Waals surface area contributed by atoms with Crippen LogP contribution in [-0.2, 0) is 12.8 Å². The van der Waals surface area contributed by atoms with Crippen molar-refractivity contribution in [3.63, 3.8) is 0 Å². The highest BCUT2D eigenvalue weighted by Crippen LogP contribution is 2.58. The summed E-state index contributed by atoms with van der Waals surface area (Å²) in [5.41, 5.74) is -2.96. The molecule has 0 saturated heterocycles. The number of aliphatic hydroxyl groups excluding tert-OH is 1.